The Bertz CT molecular complexity index is 588. The third kappa shape index (κ3) is 5.32. The highest BCUT2D eigenvalue weighted by molar-refractivity contribution is 14.0. The first kappa shape index (κ1) is 18.5. The Labute approximate surface area is 148 Å². The van der Waals surface area contributed by atoms with Crippen LogP contribution in [0, 0.1) is 0 Å². The molecule has 2 heterocycles. The second-order valence-electron chi connectivity index (χ2n) is 4.83. The molecule has 22 heavy (non-hydrogen) atoms. The van der Waals surface area contributed by atoms with Gasteiger partial charge in [-0.2, -0.15) is 0 Å². The zero-order chi connectivity index (χ0) is 15.1. The molecule has 122 valence electrons. The van der Waals surface area contributed by atoms with Crippen molar-refractivity contribution in [3.8, 4) is 0 Å². The van der Waals surface area contributed by atoms with Crippen LogP contribution in [0.4, 0.5) is 0 Å². The number of nitrogens with zero attached hydrogens (tertiary/aromatic N) is 5. The van der Waals surface area contributed by atoms with Gasteiger partial charge in [-0.1, -0.05) is 6.92 Å². The van der Waals surface area contributed by atoms with Crippen molar-refractivity contribution in [3.05, 3.63) is 36.2 Å². The zero-order valence-electron chi connectivity index (χ0n) is 13.3. The topological polar surface area (TPSA) is 72.1 Å². The molecule has 2 aromatic rings. The smallest absolute Gasteiger partial charge is 0.191 e. The quantitative estimate of drug-likeness (QED) is 0.421. The predicted octanol–water partition coefficient (Wildman–Crippen LogP) is 1.16. The van der Waals surface area contributed by atoms with Gasteiger partial charge in [-0.15, -0.1) is 34.2 Å². The van der Waals surface area contributed by atoms with Crippen LogP contribution in [0.25, 0.3) is 0 Å². The first-order valence-corrected chi connectivity index (χ1v) is 7.15. The normalized spacial score (nSPS) is 11.1. The highest BCUT2D eigenvalue weighted by Gasteiger charge is 2.02. The number of aryl methyl sites for hydroxylation is 2. The van der Waals surface area contributed by atoms with Gasteiger partial charge in [-0.3, -0.25) is 4.99 Å². The average Bonchev–Trinajstić information content (AvgIpc) is 3.11. The highest BCUT2D eigenvalue weighted by Crippen LogP contribution is 1.98. The molecule has 0 radical (unpaired) electrons. The molecule has 0 bridgehead atoms. The lowest BCUT2D eigenvalue weighted by Crippen LogP contribution is -2.38. The Morgan fingerprint density at radius 1 is 1.36 bits per heavy atom. The number of halogens is 1. The van der Waals surface area contributed by atoms with E-state index in [1.165, 1.54) is 5.56 Å². The summed E-state index contributed by atoms with van der Waals surface area (Å²) < 4.78 is 4.09. The Morgan fingerprint density at radius 3 is 2.82 bits per heavy atom. The van der Waals surface area contributed by atoms with Gasteiger partial charge < -0.3 is 19.8 Å². The molecule has 2 rings (SSSR count). The molecule has 0 aromatic carbocycles. The largest absolute Gasteiger partial charge is 0.357 e. The van der Waals surface area contributed by atoms with Crippen LogP contribution in [0.5, 0.6) is 0 Å². The van der Waals surface area contributed by atoms with Crippen molar-refractivity contribution in [2.75, 3.05) is 13.6 Å². The van der Waals surface area contributed by atoms with Crippen molar-refractivity contribution >= 4 is 29.9 Å². The molecule has 0 fully saturated rings. The summed E-state index contributed by atoms with van der Waals surface area (Å²) >= 11 is 0. The van der Waals surface area contributed by atoms with Crippen molar-refractivity contribution in [1.29, 1.82) is 0 Å². The molecule has 0 saturated heterocycles. The lowest BCUT2D eigenvalue weighted by molar-refractivity contribution is 0.632. The van der Waals surface area contributed by atoms with Crippen molar-refractivity contribution < 1.29 is 0 Å². The molecule has 0 saturated carbocycles. The fourth-order valence-electron chi connectivity index (χ4n) is 2.11. The van der Waals surface area contributed by atoms with Crippen LogP contribution in [-0.4, -0.2) is 38.9 Å². The van der Waals surface area contributed by atoms with E-state index in [2.05, 4.69) is 49.6 Å². The third-order valence-electron chi connectivity index (χ3n) is 3.23. The third-order valence-corrected chi connectivity index (χ3v) is 3.23. The summed E-state index contributed by atoms with van der Waals surface area (Å²) in [6, 6.07) is 2.09. The maximum absolute atomic E-state index is 4.22. The van der Waals surface area contributed by atoms with Crippen molar-refractivity contribution in [1.82, 2.24) is 30.0 Å². The first-order chi connectivity index (χ1) is 10.2. The van der Waals surface area contributed by atoms with Gasteiger partial charge in [-0.05, 0) is 11.6 Å². The summed E-state index contributed by atoms with van der Waals surface area (Å²) in [7, 11) is 3.79. The number of aromatic nitrogens is 4. The lowest BCUT2D eigenvalue weighted by Gasteiger charge is -2.12. The Hall–Kier alpha value is -1.58. The summed E-state index contributed by atoms with van der Waals surface area (Å²) in [5.74, 6) is 1.80. The second kappa shape index (κ2) is 9.44. The summed E-state index contributed by atoms with van der Waals surface area (Å²) in [6.07, 6.45) is 6.78. The molecule has 0 aliphatic carbocycles. The van der Waals surface area contributed by atoms with E-state index in [0.717, 1.165) is 37.8 Å². The molecule has 0 atom stereocenters. The van der Waals surface area contributed by atoms with Gasteiger partial charge in [0.15, 0.2) is 5.96 Å². The minimum absolute atomic E-state index is 0. The van der Waals surface area contributed by atoms with E-state index in [1.807, 2.05) is 17.8 Å². The molecule has 2 N–H and O–H groups in total. The van der Waals surface area contributed by atoms with E-state index in [4.69, 9.17) is 0 Å². The molecular weight excluding hydrogens is 393 g/mol. The number of hydrogen-bond donors (Lipinski definition) is 2. The van der Waals surface area contributed by atoms with Crippen LogP contribution in [-0.2, 0) is 26.6 Å². The molecular formula is C14H24IN7. The lowest BCUT2D eigenvalue weighted by atomic mass is 10.3. The molecule has 0 spiro atoms. The van der Waals surface area contributed by atoms with Crippen LogP contribution < -0.4 is 10.6 Å². The summed E-state index contributed by atoms with van der Waals surface area (Å²) in [5, 5.41) is 14.6. The fourth-order valence-corrected chi connectivity index (χ4v) is 2.11. The standard InChI is InChI=1S/C14H23N7.HI/c1-4-13-19-18-11-21(13)8-6-16-14(15-2)17-9-12-5-7-20(3)10-12;/h5,7,10-11H,4,6,8-9H2,1-3H3,(H2,15,16,17);1H. The van der Waals surface area contributed by atoms with E-state index in [9.17, 15) is 0 Å². The van der Waals surface area contributed by atoms with Crippen LogP contribution in [0.3, 0.4) is 0 Å². The van der Waals surface area contributed by atoms with E-state index in [0.29, 0.717) is 0 Å². The second-order valence-corrected chi connectivity index (χ2v) is 4.83. The van der Waals surface area contributed by atoms with E-state index in [1.54, 1.807) is 13.4 Å². The van der Waals surface area contributed by atoms with Crippen LogP contribution in [0.15, 0.2) is 29.8 Å². The Balaban J connectivity index is 0.00000242. The Morgan fingerprint density at radius 2 is 2.18 bits per heavy atom. The maximum atomic E-state index is 4.22. The predicted molar refractivity (Wildman–Crippen MR) is 98.4 cm³/mol. The van der Waals surface area contributed by atoms with Crippen LogP contribution >= 0.6 is 24.0 Å². The van der Waals surface area contributed by atoms with Crippen molar-refractivity contribution in [2.24, 2.45) is 12.0 Å². The van der Waals surface area contributed by atoms with Crippen molar-refractivity contribution in [3.63, 3.8) is 0 Å². The van der Waals surface area contributed by atoms with Crippen LogP contribution in [0.2, 0.25) is 0 Å². The van der Waals surface area contributed by atoms with E-state index < -0.39 is 0 Å². The SMILES string of the molecule is CCc1nncn1CCNC(=NC)NCc1ccn(C)c1.I. The molecule has 0 aliphatic heterocycles. The molecule has 0 unspecified atom stereocenters. The van der Waals surface area contributed by atoms with Gasteiger partial charge in [0.1, 0.15) is 12.2 Å². The average molecular weight is 417 g/mol. The van der Waals surface area contributed by atoms with Crippen molar-refractivity contribution in [2.45, 2.75) is 26.4 Å². The van der Waals surface area contributed by atoms with Gasteiger partial charge in [0.05, 0.1) is 0 Å². The zero-order valence-corrected chi connectivity index (χ0v) is 15.6. The Kier molecular flexibility index (Phi) is 7.92. The van der Waals surface area contributed by atoms with Gasteiger partial charge in [-0.25, -0.2) is 0 Å². The van der Waals surface area contributed by atoms with Gasteiger partial charge >= 0.3 is 0 Å². The monoisotopic (exact) mass is 417 g/mol. The van der Waals surface area contributed by atoms with Gasteiger partial charge in [0, 0.05) is 52.5 Å². The van der Waals surface area contributed by atoms with E-state index >= 15 is 0 Å². The van der Waals surface area contributed by atoms with Gasteiger partial charge in [0.2, 0.25) is 0 Å². The molecule has 8 heteroatoms. The molecule has 0 amide bonds. The molecule has 0 aliphatic rings. The minimum atomic E-state index is 0. The number of aliphatic imine (C=N–C) groups is 1. The van der Waals surface area contributed by atoms with Gasteiger partial charge in [0.25, 0.3) is 0 Å². The summed E-state index contributed by atoms with van der Waals surface area (Å²) in [5.41, 5.74) is 1.23. The summed E-state index contributed by atoms with van der Waals surface area (Å²) in [4.78, 5) is 4.22. The van der Waals surface area contributed by atoms with Crippen LogP contribution in [0.1, 0.15) is 18.3 Å². The highest BCUT2D eigenvalue weighted by atomic mass is 127. The number of rotatable bonds is 6. The first-order valence-electron chi connectivity index (χ1n) is 7.15. The molecule has 2 aromatic heterocycles. The number of hydrogen-bond acceptors (Lipinski definition) is 3. The number of nitrogens with one attached hydrogen (secondary N) is 2. The molecule has 7 nitrogen and oxygen atoms in total. The maximum Gasteiger partial charge on any atom is 0.191 e. The summed E-state index contributed by atoms with van der Waals surface area (Å²) in [6.45, 7) is 4.43. The number of guanidine groups is 1. The minimum Gasteiger partial charge on any atom is -0.357 e. The fraction of sp³-hybridized carbons (Fsp3) is 0.500. The van der Waals surface area contributed by atoms with E-state index in [-0.39, 0.29) is 24.0 Å².